The molecule has 3 N–H and O–H groups in total. The van der Waals surface area contributed by atoms with E-state index in [2.05, 4.69) is 12.2 Å². The average Bonchev–Trinajstić information content (AvgIpc) is 3.61. The highest BCUT2D eigenvalue weighted by Gasteiger charge is 2.53. The maximum absolute atomic E-state index is 14.2. The highest BCUT2D eigenvalue weighted by Crippen LogP contribution is 2.48. The molecule has 0 aromatic heterocycles. The lowest BCUT2D eigenvalue weighted by Gasteiger charge is -2.43. The van der Waals surface area contributed by atoms with Gasteiger partial charge in [0.05, 0.1) is 47.9 Å². The number of Topliss-reactive ketones (excluding diaryl/α,β-unsaturated/α-hetero) is 1. The fourth-order valence-corrected chi connectivity index (χ4v) is 8.91. The van der Waals surface area contributed by atoms with Gasteiger partial charge in [-0.1, -0.05) is 46.0 Å². The van der Waals surface area contributed by atoms with Gasteiger partial charge in [-0.15, -0.1) is 0 Å². The van der Waals surface area contributed by atoms with Gasteiger partial charge in [0.2, 0.25) is 5.91 Å². The molecule has 1 amide bonds. The summed E-state index contributed by atoms with van der Waals surface area (Å²) in [6.45, 7) is 19.5. The van der Waals surface area contributed by atoms with Gasteiger partial charge >= 0.3 is 29.8 Å². The number of likely N-dealkylation sites (tertiary alicyclic amines) is 1. The fraction of sp³-hybridized carbons (Fsp3) is 0.851. The van der Waals surface area contributed by atoms with Crippen LogP contribution in [0, 0.1) is 33.5 Å². The maximum Gasteiger partial charge on any atom is 0.311 e. The van der Waals surface area contributed by atoms with Crippen molar-refractivity contribution in [2.24, 2.45) is 33.5 Å². The number of carboxylic acids is 1. The first-order valence-electron chi connectivity index (χ1n) is 22.7. The van der Waals surface area contributed by atoms with Crippen molar-refractivity contribution in [3.8, 4) is 0 Å². The van der Waals surface area contributed by atoms with Gasteiger partial charge in [-0.3, -0.25) is 33.6 Å². The largest absolute Gasteiger partial charge is 0.481 e. The van der Waals surface area contributed by atoms with Crippen LogP contribution in [0.15, 0.2) is 0 Å². The predicted octanol–water partition coefficient (Wildman–Crippen LogP) is 6.83. The van der Waals surface area contributed by atoms with Gasteiger partial charge in [0.1, 0.15) is 12.4 Å². The molecule has 1 heterocycles. The first kappa shape index (κ1) is 56.4. The SMILES string of the molecule is CCCCCCCCOC(=O)C(C)C(CC(C)(CC(CC(C)(CC(C)(CC(C)(C)C(=O)OCCNC(C)(C)C)C(=O)OC)C(=O)O)N1CCCC1=O)C(=O)OCCCO)C(C)=O. The summed E-state index contributed by atoms with van der Waals surface area (Å²) in [6.07, 6.45) is 5.85. The summed E-state index contributed by atoms with van der Waals surface area (Å²) in [5.74, 6) is -6.39. The lowest BCUT2D eigenvalue weighted by Crippen LogP contribution is -2.50. The van der Waals surface area contributed by atoms with Gasteiger partial charge in [-0.25, -0.2) is 0 Å². The Labute approximate surface area is 371 Å². The number of hydrogen-bond acceptors (Lipinski definition) is 13. The van der Waals surface area contributed by atoms with Gasteiger partial charge in [0.15, 0.2) is 0 Å². The number of rotatable bonds is 31. The number of methoxy groups -OCH3 is 1. The molecular formula is C47H82N2O13. The Balaban J connectivity index is 3.64. The molecule has 0 aliphatic carbocycles. The van der Waals surface area contributed by atoms with E-state index in [-0.39, 0.29) is 95.1 Å². The number of unbranched alkanes of at least 4 members (excludes halogenated alkanes) is 5. The third-order valence-electron chi connectivity index (χ3n) is 12.2. The van der Waals surface area contributed by atoms with Crippen molar-refractivity contribution in [3.05, 3.63) is 0 Å². The van der Waals surface area contributed by atoms with E-state index in [4.69, 9.17) is 18.9 Å². The molecule has 0 aromatic carbocycles. The number of nitrogens with zero attached hydrogens (tertiary/aromatic N) is 1. The number of aliphatic hydroxyl groups is 1. The molecule has 0 saturated carbocycles. The topological polar surface area (TPSA) is 212 Å². The van der Waals surface area contributed by atoms with Crippen LogP contribution in [0.2, 0.25) is 0 Å². The third-order valence-corrected chi connectivity index (χ3v) is 12.2. The molecule has 0 radical (unpaired) electrons. The number of ketones is 1. The number of aliphatic hydroxyl groups excluding tert-OH is 1. The number of nitrogens with one attached hydrogen (secondary N) is 1. The molecular weight excluding hydrogens is 801 g/mol. The lowest BCUT2D eigenvalue weighted by atomic mass is 9.63. The predicted molar refractivity (Wildman–Crippen MR) is 235 cm³/mol. The summed E-state index contributed by atoms with van der Waals surface area (Å²) in [4.78, 5) is 96.7. The van der Waals surface area contributed by atoms with Crippen LogP contribution in [0.4, 0.5) is 0 Å². The number of esters is 4. The molecule has 62 heavy (non-hydrogen) atoms. The summed E-state index contributed by atoms with van der Waals surface area (Å²) in [5.41, 5.74) is -6.25. The third kappa shape index (κ3) is 18.3. The Kier molecular flexibility index (Phi) is 23.3. The summed E-state index contributed by atoms with van der Waals surface area (Å²) in [7, 11) is 1.19. The second kappa shape index (κ2) is 25.6. The number of carbonyl (C=O) groups is 7. The van der Waals surface area contributed by atoms with Crippen LogP contribution < -0.4 is 5.32 Å². The van der Waals surface area contributed by atoms with E-state index in [0.29, 0.717) is 19.4 Å². The van der Waals surface area contributed by atoms with Crippen LogP contribution >= 0.6 is 0 Å². The molecule has 0 spiro atoms. The molecule has 6 atom stereocenters. The van der Waals surface area contributed by atoms with Crippen LogP contribution in [0.1, 0.15) is 166 Å². The minimum atomic E-state index is -1.73. The van der Waals surface area contributed by atoms with E-state index >= 15 is 0 Å². The van der Waals surface area contributed by atoms with Gasteiger partial charge in [0.25, 0.3) is 0 Å². The number of carboxylic acid groups (broad SMARTS) is 1. The molecule has 358 valence electrons. The van der Waals surface area contributed by atoms with Crippen LogP contribution in [0.25, 0.3) is 0 Å². The quantitative estimate of drug-likeness (QED) is 0.0370. The van der Waals surface area contributed by atoms with E-state index in [1.807, 2.05) is 20.8 Å². The maximum atomic E-state index is 14.2. The molecule has 1 aliphatic heterocycles. The molecule has 1 rings (SSSR count). The van der Waals surface area contributed by atoms with Gasteiger partial charge in [-0.05, 0) is 107 Å². The Morgan fingerprint density at radius 2 is 1.32 bits per heavy atom. The number of carbonyl (C=O) groups excluding carboxylic acids is 6. The van der Waals surface area contributed by atoms with Crippen LogP contribution in [-0.2, 0) is 52.5 Å². The smallest absolute Gasteiger partial charge is 0.311 e. The summed E-state index contributed by atoms with van der Waals surface area (Å²) < 4.78 is 22.1. The normalized spacial score (nSPS) is 17.8. The van der Waals surface area contributed by atoms with E-state index in [0.717, 1.165) is 32.1 Å². The van der Waals surface area contributed by atoms with Crippen molar-refractivity contribution < 1.29 is 62.7 Å². The minimum absolute atomic E-state index is 0.0811. The number of ether oxygens (including phenoxy) is 4. The minimum Gasteiger partial charge on any atom is -0.481 e. The molecule has 15 nitrogen and oxygen atoms in total. The zero-order chi connectivity index (χ0) is 47.5. The standard InChI is InChI=1S/C47H82N2O13/c1-13-14-15-16-17-18-25-60-38(53)33(2)36(34(3)51)30-45(9,42(58)61-26-20-24-50)28-35(49-23-19-21-37(49)52)29-46(10,39(54)55)32-47(11,41(57)59-12)31-44(7,8)40(56)62-27-22-48-43(4,5)6/h33,35-36,48,50H,13-32H2,1-12H3,(H,54,55). The molecule has 15 heteroatoms. The van der Waals surface area contributed by atoms with Crippen LogP contribution in [0.3, 0.4) is 0 Å². The van der Waals surface area contributed by atoms with E-state index in [1.54, 1.807) is 39.5 Å². The van der Waals surface area contributed by atoms with Gasteiger partial charge in [0, 0.05) is 50.0 Å². The summed E-state index contributed by atoms with van der Waals surface area (Å²) in [5, 5.41) is 23.7. The molecule has 1 aliphatic rings. The Hall–Kier alpha value is -3.59. The number of aliphatic carboxylic acids is 1. The van der Waals surface area contributed by atoms with Crippen molar-refractivity contribution >= 4 is 41.5 Å². The van der Waals surface area contributed by atoms with Crippen molar-refractivity contribution in [2.45, 2.75) is 178 Å². The Morgan fingerprint density at radius 1 is 0.742 bits per heavy atom. The average molecular weight is 883 g/mol. The summed E-state index contributed by atoms with van der Waals surface area (Å²) in [6, 6.07) is -0.903. The molecule has 1 saturated heterocycles. The first-order valence-corrected chi connectivity index (χ1v) is 22.7. The zero-order valence-corrected chi connectivity index (χ0v) is 40.2. The second-order valence-electron chi connectivity index (χ2n) is 20.1. The fourth-order valence-electron chi connectivity index (χ4n) is 8.91. The van der Waals surface area contributed by atoms with Crippen LogP contribution in [0.5, 0.6) is 0 Å². The number of amides is 1. The molecule has 1 fully saturated rings. The first-order chi connectivity index (χ1) is 28.7. The highest BCUT2D eigenvalue weighted by atomic mass is 16.5. The van der Waals surface area contributed by atoms with E-state index < -0.39 is 69.4 Å². The monoisotopic (exact) mass is 883 g/mol. The van der Waals surface area contributed by atoms with Gasteiger partial charge in [-0.2, -0.15) is 0 Å². The molecule has 0 aromatic rings. The van der Waals surface area contributed by atoms with Crippen molar-refractivity contribution in [3.63, 3.8) is 0 Å². The Bertz CT molecular complexity index is 1490. The molecule has 0 bridgehead atoms. The van der Waals surface area contributed by atoms with Crippen molar-refractivity contribution in [2.75, 3.05) is 46.6 Å². The molecule has 6 unspecified atom stereocenters. The van der Waals surface area contributed by atoms with E-state index in [9.17, 15) is 43.8 Å². The number of hydrogen-bond donors (Lipinski definition) is 3. The Morgan fingerprint density at radius 3 is 1.85 bits per heavy atom. The van der Waals surface area contributed by atoms with Crippen molar-refractivity contribution in [1.82, 2.24) is 10.2 Å². The summed E-state index contributed by atoms with van der Waals surface area (Å²) >= 11 is 0. The highest BCUT2D eigenvalue weighted by molar-refractivity contribution is 5.87. The van der Waals surface area contributed by atoms with Crippen molar-refractivity contribution in [1.29, 1.82) is 0 Å². The lowest BCUT2D eigenvalue weighted by molar-refractivity contribution is -0.167. The van der Waals surface area contributed by atoms with Gasteiger partial charge < -0.3 is 39.4 Å². The van der Waals surface area contributed by atoms with E-state index in [1.165, 1.54) is 21.0 Å². The zero-order valence-electron chi connectivity index (χ0n) is 40.2. The second-order valence-corrected chi connectivity index (χ2v) is 20.1. The van der Waals surface area contributed by atoms with Crippen LogP contribution in [-0.4, -0.2) is 115 Å².